The number of unbranched alkanes of at least 4 members (excludes halogenated alkanes) is 3. The monoisotopic (exact) mass is 289 g/mol. The van der Waals surface area contributed by atoms with E-state index >= 15 is 0 Å². The van der Waals surface area contributed by atoms with E-state index in [1.165, 1.54) is 32.1 Å². The first-order chi connectivity index (χ1) is 10.3. The summed E-state index contributed by atoms with van der Waals surface area (Å²) in [4.78, 5) is 0. The SMILES string of the molecule is CCCCC/C=C\CC[C@H](CC)Nc1ccccc1OC. The van der Waals surface area contributed by atoms with Gasteiger partial charge in [-0.25, -0.2) is 0 Å². The minimum atomic E-state index is 0.501. The van der Waals surface area contributed by atoms with Crippen molar-refractivity contribution >= 4 is 5.69 Å². The number of methoxy groups -OCH3 is 1. The number of ether oxygens (including phenoxy) is 1. The summed E-state index contributed by atoms with van der Waals surface area (Å²) < 4.78 is 5.39. The van der Waals surface area contributed by atoms with E-state index in [-0.39, 0.29) is 0 Å². The molecule has 0 aromatic heterocycles. The molecule has 0 saturated carbocycles. The Labute approximate surface area is 130 Å². The van der Waals surface area contributed by atoms with Crippen LogP contribution in [0.15, 0.2) is 36.4 Å². The molecule has 118 valence electrons. The van der Waals surface area contributed by atoms with Crippen LogP contribution in [0.1, 0.15) is 58.8 Å². The summed E-state index contributed by atoms with van der Waals surface area (Å²) >= 11 is 0. The molecule has 0 aliphatic rings. The highest BCUT2D eigenvalue weighted by atomic mass is 16.5. The largest absolute Gasteiger partial charge is 0.495 e. The summed E-state index contributed by atoms with van der Waals surface area (Å²) in [5.74, 6) is 0.922. The van der Waals surface area contributed by atoms with Crippen LogP contribution < -0.4 is 10.1 Å². The Balaban J connectivity index is 2.34. The summed E-state index contributed by atoms with van der Waals surface area (Å²) in [6, 6.07) is 8.64. The van der Waals surface area contributed by atoms with Gasteiger partial charge in [-0.05, 0) is 44.2 Å². The summed E-state index contributed by atoms with van der Waals surface area (Å²) in [7, 11) is 1.72. The number of hydrogen-bond acceptors (Lipinski definition) is 2. The van der Waals surface area contributed by atoms with Gasteiger partial charge in [0.05, 0.1) is 12.8 Å². The van der Waals surface area contributed by atoms with Gasteiger partial charge in [0, 0.05) is 6.04 Å². The molecule has 0 fully saturated rings. The molecule has 1 N–H and O–H groups in total. The van der Waals surface area contributed by atoms with Crippen molar-refractivity contribution in [2.24, 2.45) is 0 Å². The van der Waals surface area contributed by atoms with E-state index < -0.39 is 0 Å². The zero-order valence-corrected chi connectivity index (χ0v) is 13.9. The van der Waals surface area contributed by atoms with Crippen LogP contribution in [-0.2, 0) is 0 Å². The first-order valence-corrected chi connectivity index (χ1v) is 8.36. The first kappa shape index (κ1) is 17.6. The van der Waals surface area contributed by atoms with Gasteiger partial charge in [-0.2, -0.15) is 0 Å². The van der Waals surface area contributed by atoms with Gasteiger partial charge < -0.3 is 10.1 Å². The van der Waals surface area contributed by atoms with Gasteiger partial charge in [0.25, 0.3) is 0 Å². The van der Waals surface area contributed by atoms with E-state index in [1.807, 2.05) is 18.2 Å². The minimum Gasteiger partial charge on any atom is -0.495 e. The van der Waals surface area contributed by atoms with Crippen LogP contribution in [0, 0.1) is 0 Å². The molecule has 1 atom stereocenters. The molecular weight excluding hydrogens is 258 g/mol. The lowest BCUT2D eigenvalue weighted by Crippen LogP contribution is -2.18. The topological polar surface area (TPSA) is 21.3 Å². The molecule has 1 aromatic rings. The lowest BCUT2D eigenvalue weighted by Gasteiger charge is -2.19. The van der Waals surface area contributed by atoms with Crippen molar-refractivity contribution in [2.45, 2.75) is 64.8 Å². The molecule has 0 saturated heterocycles. The average Bonchev–Trinajstić information content (AvgIpc) is 2.53. The van der Waals surface area contributed by atoms with Crippen LogP contribution in [-0.4, -0.2) is 13.2 Å². The number of anilines is 1. The molecule has 2 nitrogen and oxygen atoms in total. The number of para-hydroxylation sites is 2. The molecule has 1 aromatic carbocycles. The molecule has 0 bridgehead atoms. The quantitative estimate of drug-likeness (QED) is 0.410. The Morgan fingerprint density at radius 1 is 1.10 bits per heavy atom. The lowest BCUT2D eigenvalue weighted by molar-refractivity contribution is 0.415. The number of allylic oxidation sites excluding steroid dienone is 2. The Morgan fingerprint density at radius 2 is 1.86 bits per heavy atom. The zero-order chi connectivity index (χ0) is 15.3. The molecular formula is C19H31NO. The van der Waals surface area contributed by atoms with Crippen LogP contribution in [0.3, 0.4) is 0 Å². The third-order valence-corrected chi connectivity index (χ3v) is 3.78. The molecule has 0 aliphatic carbocycles. The second-order valence-electron chi connectivity index (χ2n) is 5.49. The standard InChI is InChI=1S/C19H31NO/c1-4-6-7-8-9-10-11-14-17(5-2)20-18-15-12-13-16-19(18)21-3/h9-10,12-13,15-17,20H,4-8,11,14H2,1-3H3/b10-9-/t17-/m0/s1. The van der Waals surface area contributed by atoms with Crippen LogP contribution in [0.5, 0.6) is 5.75 Å². The summed E-state index contributed by atoms with van der Waals surface area (Å²) in [6.07, 6.45) is 13.3. The fraction of sp³-hybridized carbons (Fsp3) is 0.579. The highest BCUT2D eigenvalue weighted by Gasteiger charge is 2.08. The third-order valence-electron chi connectivity index (χ3n) is 3.78. The Morgan fingerprint density at radius 3 is 2.57 bits per heavy atom. The van der Waals surface area contributed by atoms with Gasteiger partial charge >= 0.3 is 0 Å². The van der Waals surface area contributed by atoms with Gasteiger partial charge in [0.2, 0.25) is 0 Å². The van der Waals surface area contributed by atoms with Crippen LogP contribution in [0.4, 0.5) is 5.69 Å². The fourth-order valence-electron chi connectivity index (χ4n) is 2.41. The van der Waals surface area contributed by atoms with Crippen molar-refractivity contribution in [2.75, 3.05) is 12.4 Å². The average molecular weight is 289 g/mol. The maximum Gasteiger partial charge on any atom is 0.141 e. The van der Waals surface area contributed by atoms with Crippen molar-refractivity contribution in [3.63, 3.8) is 0 Å². The van der Waals surface area contributed by atoms with Crippen LogP contribution in [0.25, 0.3) is 0 Å². The second-order valence-corrected chi connectivity index (χ2v) is 5.49. The lowest BCUT2D eigenvalue weighted by atomic mass is 10.1. The van der Waals surface area contributed by atoms with Gasteiger partial charge in [-0.1, -0.05) is 51.0 Å². The third kappa shape index (κ3) is 7.22. The Bertz CT molecular complexity index is 400. The van der Waals surface area contributed by atoms with Crippen molar-refractivity contribution in [1.29, 1.82) is 0 Å². The predicted molar refractivity (Wildman–Crippen MR) is 93.2 cm³/mol. The molecule has 2 heteroatoms. The van der Waals surface area contributed by atoms with E-state index in [9.17, 15) is 0 Å². The molecule has 0 spiro atoms. The van der Waals surface area contributed by atoms with E-state index in [1.54, 1.807) is 7.11 Å². The number of rotatable bonds is 11. The molecule has 0 amide bonds. The zero-order valence-electron chi connectivity index (χ0n) is 13.9. The summed E-state index contributed by atoms with van der Waals surface area (Å²) in [5.41, 5.74) is 1.10. The molecule has 0 heterocycles. The minimum absolute atomic E-state index is 0.501. The van der Waals surface area contributed by atoms with Crippen molar-refractivity contribution in [3.05, 3.63) is 36.4 Å². The summed E-state index contributed by atoms with van der Waals surface area (Å²) in [5, 5.41) is 3.60. The van der Waals surface area contributed by atoms with Gasteiger partial charge in [0.1, 0.15) is 5.75 Å². The molecule has 21 heavy (non-hydrogen) atoms. The van der Waals surface area contributed by atoms with Crippen molar-refractivity contribution in [1.82, 2.24) is 0 Å². The van der Waals surface area contributed by atoms with E-state index in [4.69, 9.17) is 4.74 Å². The number of benzene rings is 1. The maximum atomic E-state index is 5.39. The smallest absolute Gasteiger partial charge is 0.141 e. The van der Waals surface area contributed by atoms with Gasteiger partial charge in [0.15, 0.2) is 0 Å². The number of hydrogen-bond donors (Lipinski definition) is 1. The molecule has 0 aliphatic heterocycles. The van der Waals surface area contributed by atoms with Gasteiger partial charge in [-0.3, -0.25) is 0 Å². The van der Waals surface area contributed by atoms with E-state index in [2.05, 4.69) is 37.4 Å². The number of nitrogens with one attached hydrogen (secondary N) is 1. The summed E-state index contributed by atoms with van der Waals surface area (Å²) in [6.45, 7) is 4.48. The van der Waals surface area contributed by atoms with Crippen molar-refractivity contribution in [3.8, 4) is 5.75 Å². The Kier molecular flexibility index (Phi) is 9.43. The highest BCUT2D eigenvalue weighted by molar-refractivity contribution is 5.56. The van der Waals surface area contributed by atoms with Crippen molar-refractivity contribution < 1.29 is 4.74 Å². The first-order valence-electron chi connectivity index (χ1n) is 8.36. The van der Waals surface area contributed by atoms with E-state index in [0.717, 1.165) is 24.3 Å². The second kappa shape index (κ2) is 11.2. The highest BCUT2D eigenvalue weighted by Crippen LogP contribution is 2.25. The molecule has 0 unspecified atom stereocenters. The van der Waals surface area contributed by atoms with Gasteiger partial charge in [-0.15, -0.1) is 0 Å². The maximum absolute atomic E-state index is 5.39. The predicted octanol–water partition coefficient (Wildman–Crippen LogP) is 5.80. The van der Waals surface area contributed by atoms with Crippen LogP contribution in [0.2, 0.25) is 0 Å². The molecule has 0 radical (unpaired) electrons. The molecule has 1 rings (SSSR count). The van der Waals surface area contributed by atoms with E-state index in [0.29, 0.717) is 6.04 Å². The van der Waals surface area contributed by atoms with Crippen LogP contribution >= 0.6 is 0 Å². The normalized spacial score (nSPS) is 12.5. The Hall–Kier alpha value is -1.44. The fourth-order valence-corrected chi connectivity index (χ4v) is 2.41.